The molecule has 2 heterocycles. The number of carbonyl (C=O) groups excluding carboxylic acids is 1. The molecule has 1 fully saturated rings. The minimum Gasteiger partial charge on any atom is -0.484 e. The Bertz CT molecular complexity index is 665. The molecule has 0 bridgehead atoms. The third-order valence-corrected chi connectivity index (χ3v) is 4.74. The van der Waals surface area contributed by atoms with Gasteiger partial charge in [0.2, 0.25) is 5.13 Å². The molecule has 7 heteroatoms. The van der Waals surface area contributed by atoms with E-state index in [2.05, 4.69) is 20.4 Å². The molecule has 0 aliphatic carbocycles. The van der Waals surface area contributed by atoms with Crippen LogP contribution in [0.15, 0.2) is 24.3 Å². The van der Waals surface area contributed by atoms with Crippen molar-refractivity contribution in [1.82, 2.24) is 15.1 Å². The van der Waals surface area contributed by atoms with Gasteiger partial charge in [0.25, 0.3) is 5.91 Å². The van der Waals surface area contributed by atoms with Gasteiger partial charge in [0.05, 0.1) is 6.54 Å². The molecule has 0 unspecified atom stereocenters. The van der Waals surface area contributed by atoms with E-state index in [-0.39, 0.29) is 12.5 Å². The quantitative estimate of drug-likeness (QED) is 0.871. The molecule has 128 valence electrons. The molecule has 1 aromatic carbocycles. The Morgan fingerprint density at radius 1 is 1.21 bits per heavy atom. The van der Waals surface area contributed by atoms with E-state index in [9.17, 15) is 4.79 Å². The van der Waals surface area contributed by atoms with E-state index < -0.39 is 0 Å². The minimum atomic E-state index is -0.226. The maximum absolute atomic E-state index is 11.9. The van der Waals surface area contributed by atoms with Crippen LogP contribution >= 0.6 is 11.3 Å². The van der Waals surface area contributed by atoms with Crippen molar-refractivity contribution in [3.05, 3.63) is 34.8 Å². The fraction of sp³-hybridized carbons (Fsp3) is 0.471. The summed E-state index contributed by atoms with van der Waals surface area (Å²) in [4.78, 5) is 14.3. The zero-order valence-corrected chi connectivity index (χ0v) is 14.6. The summed E-state index contributed by atoms with van der Waals surface area (Å²) in [5.41, 5.74) is 1.15. The number of hydrogen-bond acceptors (Lipinski definition) is 6. The molecule has 1 aliphatic heterocycles. The van der Waals surface area contributed by atoms with E-state index in [4.69, 9.17) is 4.74 Å². The molecule has 0 radical (unpaired) electrons. The first kappa shape index (κ1) is 16.9. The zero-order valence-electron chi connectivity index (χ0n) is 13.8. The fourth-order valence-corrected chi connectivity index (χ4v) is 3.41. The van der Waals surface area contributed by atoms with Gasteiger partial charge in [-0.25, -0.2) is 0 Å². The standard InChI is InChI=1S/C17H22N4O2S/c1-13-5-7-14(8-6-13)23-12-15(22)18-17-20-19-16(24-17)11-21-9-3-2-4-10-21/h5-8H,2-4,9-12H2,1H3,(H,18,20,22). The number of aromatic nitrogens is 2. The molecule has 2 aromatic rings. The van der Waals surface area contributed by atoms with Gasteiger partial charge in [-0.15, -0.1) is 10.2 Å². The minimum absolute atomic E-state index is 0.0376. The van der Waals surface area contributed by atoms with Gasteiger partial charge in [-0.05, 0) is 45.0 Å². The van der Waals surface area contributed by atoms with Crippen LogP contribution in [0.3, 0.4) is 0 Å². The molecule has 24 heavy (non-hydrogen) atoms. The van der Waals surface area contributed by atoms with Crippen molar-refractivity contribution in [1.29, 1.82) is 0 Å². The van der Waals surface area contributed by atoms with Gasteiger partial charge in [-0.2, -0.15) is 0 Å². The number of rotatable bonds is 6. The van der Waals surface area contributed by atoms with E-state index in [1.165, 1.54) is 30.6 Å². The summed E-state index contributed by atoms with van der Waals surface area (Å²) in [6.45, 7) is 5.02. The monoisotopic (exact) mass is 346 g/mol. The molecule has 1 N–H and O–H groups in total. The van der Waals surface area contributed by atoms with E-state index >= 15 is 0 Å². The van der Waals surface area contributed by atoms with Crippen LogP contribution < -0.4 is 10.1 Å². The Labute approximate surface area is 145 Å². The molecule has 1 aliphatic rings. The molecule has 3 rings (SSSR count). The number of nitrogens with one attached hydrogen (secondary N) is 1. The fourth-order valence-electron chi connectivity index (χ4n) is 2.62. The molecule has 6 nitrogen and oxygen atoms in total. The van der Waals surface area contributed by atoms with Crippen LogP contribution in [0, 0.1) is 6.92 Å². The van der Waals surface area contributed by atoms with Crippen molar-refractivity contribution in [2.24, 2.45) is 0 Å². The van der Waals surface area contributed by atoms with Crippen molar-refractivity contribution < 1.29 is 9.53 Å². The maximum Gasteiger partial charge on any atom is 0.264 e. The second-order valence-electron chi connectivity index (χ2n) is 5.99. The normalized spacial score (nSPS) is 15.2. The van der Waals surface area contributed by atoms with Crippen LogP contribution in [-0.4, -0.2) is 40.7 Å². The Hall–Kier alpha value is -1.99. The van der Waals surface area contributed by atoms with Gasteiger partial charge in [0.1, 0.15) is 10.8 Å². The van der Waals surface area contributed by atoms with Crippen LogP contribution in [0.2, 0.25) is 0 Å². The van der Waals surface area contributed by atoms with Crippen molar-refractivity contribution in [3.8, 4) is 5.75 Å². The highest BCUT2D eigenvalue weighted by Gasteiger charge is 2.14. The third kappa shape index (κ3) is 5.01. The summed E-state index contributed by atoms with van der Waals surface area (Å²) in [7, 11) is 0. The van der Waals surface area contributed by atoms with Crippen LogP contribution in [0.25, 0.3) is 0 Å². The number of amides is 1. The lowest BCUT2D eigenvalue weighted by Crippen LogP contribution is -2.28. The van der Waals surface area contributed by atoms with E-state index in [0.29, 0.717) is 10.9 Å². The lowest BCUT2D eigenvalue weighted by Gasteiger charge is -2.24. The van der Waals surface area contributed by atoms with Gasteiger partial charge < -0.3 is 4.74 Å². The van der Waals surface area contributed by atoms with E-state index in [1.54, 1.807) is 0 Å². The summed E-state index contributed by atoms with van der Waals surface area (Å²) in [6, 6.07) is 7.60. The number of benzene rings is 1. The number of likely N-dealkylation sites (tertiary alicyclic amines) is 1. The highest BCUT2D eigenvalue weighted by atomic mass is 32.1. The number of carbonyl (C=O) groups is 1. The lowest BCUT2D eigenvalue weighted by molar-refractivity contribution is -0.118. The number of ether oxygens (including phenoxy) is 1. The molecular formula is C17H22N4O2S. The van der Waals surface area contributed by atoms with Gasteiger partial charge in [0, 0.05) is 0 Å². The summed E-state index contributed by atoms with van der Waals surface area (Å²) in [5.74, 6) is 0.454. The van der Waals surface area contributed by atoms with Crippen LogP contribution in [0.4, 0.5) is 5.13 Å². The first-order valence-corrected chi connectivity index (χ1v) is 9.05. The predicted octanol–water partition coefficient (Wildman–Crippen LogP) is 2.85. The average molecular weight is 346 g/mol. The van der Waals surface area contributed by atoms with Gasteiger partial charge >= 0.3 is 0 Å². The van der Waals surface area contributed by atoms with Crippen molar-refractivity contribution in [2.75, 3.05) is 25.0 Å². The molecule has 1 amide bonds. The van der Waals surface area contributed by atoms with Gasteiger partial charge in [-0.3, -0.25) is 15.0 Å². The van der Waals surface area contributed by atoms with Crippen LogP contribution in [-0.2, 0) is 11.3 Å². The summed E-state index contributed by atoms with van der Waals surface area (Å²) in [5, 5.41) is 12.4. The van der Waals surface area contributed by atoms with Crippen molar-refractivity contribution >= 4 is 22.4 Å². The SMILES string of the molecule is Cc1ccc(OCC(=O)Nc2nnc(CN3CCCCC3)s2)cc1. The largest absolute Gasteiger partial charge is 0.484 e. The van der Waals surface area contributed by atoms with Crippen molar-refractivity contribution in [3.63, 3.8) is 0 Å². The molecule has 1 saturated heterocycles. The second kappa shape index (κ2) is 8.21. The van der Waals surface area contributed by atoms with Crippen LogP contribution in [0.1, 0.15) is 29.8 Å². The van der Waals surface area contributed by atoms with Gasteiger partial charge in [-0.1, -0.05) is 35.5 Å². The van der Waals surface area contributed by atoms with Gasteiger partial charge in [0.15, 0.2) is 6.61 Å². The second-order valence-corrected chi connectivity index (χ2v) is 7.05. The highest BCUT2D eigenvalue weighted by Crippen LogP contribution is 2.19. The third-order valence-electron chi connectivity index (χ3n) is 3.91. The number of aryl methyl sites for hydroxylation is 1. The number of nitrogens with zero attached hydrogens (tertiary/aromatic N) is 3. The lowest BCUT2D eigenvalue weighted by atomic mass is 10.1. The highest BCUT2D eigenvalue weighted by molar-refractivity contribution is 7.15. The first-order valence-electron chi connectivity index (χ1n) is 8.23. The summed E-state index contributed by atoms with van der Waals surface area (Å²) < 4.78 is 5.46. The van der Waals surface area contributed by atoms with E-state index in [0.717, 1.165) is 30.2 Å². The molecule has 0 atom stereocenters. The number of anilines is 1. The predicted molar refractivity (Wildman–Crippen MR) is 94.3 cm³/mol. The Balaban J connectivity index is 1.45. The average Bonchev–Trinajstić information content (AvgIpc) is 3.02. The van der Waals surface area contributed by atoms with E-state index in [1.807, 2.05) is 31.2 Å². The number of hydrogen-bond donors (Lipinski definition) is 1. The molecule has 0 saturated carbocycles. The Kier molecular flexibility index (Phi) is 5.77. The molecule has 1 aromatic heterocycles. The van der Waals surface area contributed by atoms with Crippen molar-refractivity contribution in [2.45, 2.75) is 32.7 Å². The zero-order chi connectivity index (χ0) is 16.8. The topological polar surface area (TPSA) is 67.3 Å². The van der Waals surface area contributed by atoms with Crippen LogP contribution in [0.5, 0.6) is 5.75 Å². The Morgan fingerprint density at radius 2 is 1.96 bits per heavy atom. The maximum atomic E-state index is 11.9. The first-order chi connectivity index (χ1) is 11.7. The smallest absolute Gasteiger partial charge is 0.264 e. The summed E-state index contributed by atoms with van der Waals surface area (Å²) in [6.07, 6.45) is 3.81. The molecule has 0 spiro atoms. The Morgan fingerprint density at radius 3 is 2.71 bits per heavy atom. The number of piperidine rings is 1. The molecular weight excluding hydrogens is 324 g/mol. The summed E-state index contributed by atoms with van der Waals surface area (Å²) >= 11 is 1.43.